The monoisotopic (exact) mass is 516 g/mol. The van der Waals surface area contributed by atoms with Gasteiger partial charge in [0.25, 0.3) is 0 Å². The number of furan rings is 1. The Morgan fingerprint density at radius 3 is 1.95 bits per heavy atom. The molecule has 0 bridgehead atoms. The van der Waals surface area contributed by atoms with E-state index in [-0.39, 0.29) is 0 Å². The highest BCUT2D eigenvalue weighted by atomic mass is 16.3. The number of benzene rings is 5. The third-order valence-corrected chi connectivity index (χ3v) is 8.22. The minimum absolute atomic E-state index is 0.894. The Bertz CT molecular complexity index is 2220. The standard InChI is InChI=1S/C37H28N2O/c1-3-4-16-31-24(2)26-12-5-8-17-32(26)39(31)35-20-11-15-29-30-23-25(21-22-36(30)40-37(29)35)38-33-18-9-6-13-27(33)28-14-7-10-19-34(28)38/h4-23H,3H2,1-2H3/b16-4-. The van der Waals surface area contributed by atoms with E-state index in [9.17, 15) is 0 Å². The second-order valence-electron chi connectivity index (χ2n) is 10.5. The molecular formula is C37H28N2O. The summed E-state index contributed by atoms with van der Waals surface area (Å²) >= 11 is 0. The first-order valence-corrected chi connectivity index (χ1v) is 14.0. The molecule has 5 aromatic carbocycles. The SMILES string of the molecule is CC/C=C\c1c(C)c2ccccc2n1-c1cccc2c1oc1ccc(-n3c4ccccc4c4ccccc43)cc12. The van der Waals surface area contributed by atoms with Gasteiger partial charge in [-0.3, -0.25) is 0 Å². The molecule has 8 rings (SSSR count). The van der Waals surface area contributed by atoms with Crippen LogP contribution in [0.5, 0.6) is 0 Å². The largest absolute Gasteiger partial charge is 0.454 e. The number of aryl methyl sites for hydroxylation is 1. The second kappa shape index (κ2) is 8.75. The molecule has 0 amide bonds. The van der Waals surface area contributed by atoms with Crippen molar-refractivity contribution in [1.82, 2.24) is 9.13 Å². The number of nitrogens with zero attached hydrogens (tertiary/aromatic N) is 2. The molecule has 3 heterocycles. The van der Waals surface area contributed by atoms with Crippen LogP contribution in [0.3, 0.4) is 0 Å². The van der Waals surface area contributed by atoms with Gasteiger partial charge in [-0.25, -0.2) is 0 Å². The molecule has 0 atom stereocenters. The highest BCUT2D eigenvalue weighted by Crippen LogP contribution is 2.39. The molecule has 192 valence electrons. The van der Waals surface area contributed by atoms with E-state index in [4.69, 9.17) is 4.42 Å². The maximum absolute atomic E-state index is 6.65. The lowest BCUT2D eigenvalue weighted by Crippen LogP contribution is -1.97. The third kappa shape index (κ3) is 3.18. The Balaban J connectivity index is 1.41. The molecular weight excluding hydrogens is 488 g/mol. The van der Waals surface area contributed by atoms with E-state index in [0.717, 1.165) is 39.7 Å². The van der Waals surface area contributed by atoms with Gasteiger partial charge in [0.2, 0.25) is 0 Å². The first-order valence-electron chi connectivity index (χ1n) is 14.0. The van der Waals surface area contributed by atoms with Gasteiger partial charge in [0.1, 0.15) is 5.58 Å². The maximum Gasteiger partial charge on any atom is 0.159 e. The molecule has 3 heteroatoms. The Hall–Kier alpha value is -5.02. The lowest BCUT2D eigenvalue weighted by molar-refractivity contribution is 0.665. The van der Waals surface area contributed by atoms with Crippen molar-refractivity contribution in [2.75, 3.05) is 0 Å². The summed E-state index contributed by atoms with van der Waals surface area (Å²) in [4.78, 5) is 0. The van der Waals surface area contributed by atoms with Crippen LogP contribution in [0.15, 0.2) is 120 Å². The number of fused-ring (bicyclic) bond motifs is 7. The third-order valence-electron chi connectivity index (χ3n) is 8.22. The van der Waals surface area contributed by atoms with Crippen LogP contribution in [0.4, 0.5) is 0 Å². The van der Waals surface area contributed by atoms with Gasteiger partial charge in [0, 0.05) is 38.3 Å². The van der Waals surface area contributed by atoms with Crippen molar-refractivity contribution in [3.63, 3.8) is 0 Å². The Morgan fingerprint density at radius 2 is 1.25 bits per heavy atom. The normalized spacial score (nSPS) is 12.2. The van der Waals surface area contributed by atoms with E-state index in [2.05, 4.69) is 144 Å². The van der Waals surface area contributed by atoms with Gasteiger partial charge >= 0.3 is 0 Å². The van der Waals surface area contributed by atoms with Crippen molar-refractivity contribution in [1.29, 1.82) is 0 Å². The Labute approximate surface area is 232 Å². The smallest absolute Gasteiger partial charge is 0.159 e. The molecule has 0 spiro atoms. The molecule has 0 unspecified atom stereocenters. The Morgan fingerprint density at radius 1 is 0.625 bits per heavy atom. The van der Waals surface area contributed by atoms with E-state index in [0.29, 0.717) is 0 Å². The van der Waals surface area contributed by atoms with Crippen LogP contribution in [0.2, 0.25) is 0 Å². The second-order valence-corrected chi connectivity index (χ2v) is 10.5. The first kappa shape index (κ1) is 22.9. The van der Waals surface area contributed by atoms with Crippen molar-refractivity contribution >= 4 is 60.7 Å². The zero-order valence-corrected chi connectivity index (χ0v) is 22.6. The van der Waals surface area contributed by atoms with Gasteiger partial charge in [-0.2, -0.15) is 0 Å². The Kier molecular flexibility index (Phi) is 5.02. The number of aromatic nitrogens is 2. The van der Waals surface area contributed by atoms with Crippen molar-refractivity contribution in [3.05, 3.63) is 127 Å². The predicted octanol–water partition coefficient (Wildman–Crippen LogP) is 10.4. The average Bonchev–Trinajstić information content (AvgIpc) is 3.63. The lowest BCUT2D eigenvalue weighted by atomic mass is 10.1. The molecule has 0 N–H and O–H groups in total. The van der Waals surface area contributed by atoms with Gasteiger partial charge in [0.05, 0.1) is 22.2 Å². The van der Waals surface area contributed by atoms with Gasteiger partial charge in [-0.15, -0.1) is 0 Å². The minimum Gasteiger partial charge on any atom is -0.454 e. The van der Waals surface area contributed by atoms with E-state index in [1.807, 2.05) is 0 Å². The number of allylic oxidation sites excluding steroid dienone is 1. The summed E-state index contributed by atoms with van der Waals surface area (Å²) in [7, 11) is 0. The first-order chi connectivity index (χ1) is 19.7. The molecule has 0 saturated heterocycles. The molecule has 40 heavy (non-hydrogen) atoms. The number of rotatable bonds is 4. The molecule has 0 aliphatic carbocycles. The number of hydrogen-bond acceptors (Lipinski definition) is 1. The zero-order chi connectivity index (χ0) is 26.8. The van der Waals surface area contributed by atoms with E-state index < -0.39 is 0 Å². The van der Waals surface area contributed by atoms with Crippen LogP contribution in [0, 0.1) is 6.92 Å². The van der Waals surface area contributed by atoms with Crippen LogP contribution >= 0.6 is 0 Å². The summed E-state index contributed by atoms with van der Waals surface area (Å²) in [6, 6.07) is 39.0. The molecule has 8 aromatic rings. The molecule has 3 nitrogen and oxygen atoms in total. The molecule has 0 radical (unpaired) electrons. The van der Waals surface area contributed by atoms with Gasteiger partial charge in [-0.1, -0.05) is 79.7 Å². The topological polar surface area (TPSA) is 23.0 Å². The van der Waals surface area contributed by atoms with Crippen LogP contribution < -0.4 is 0 Å². The molecule has 0 aliphatic heterocycles. The number of para-hydroxylation sites is 4. The van der Waals surface area contributed by atoms with Crippen LogP contribution in [0.25, 0.3) is 72.1 Å². The van der Waals surface area contributed by atoms with Crippen molar-refractivity contribution in [2.24, 2.45) is 0 Å². The highest BCUT2D eigenvalue weighted by molar-refractivity contribution is 6.11. The predicted molar refractivity (Wildman–Crippen MR) is 169 cm³/mol. The highest BCUT2D eigenvalue weighted by Gasteiger charge is 2.19. The summed E-state index contributed by atoms with van der Waals surface area (Å²) < 4.78 is 11.4. The fraction of sp³-hybridized carbons (Fsp3) is 0.0811. The maximum atomic E-state index is 6.65. The summed E-state index contributed by atoms with van der Waals surface area (Å²) in [5, 5.41) is 6.03. The van der Waals surface area contributed by atoms with E-state index in [1.165, 1.54) is 44.0 Å². The van der Waals surface area contributed by atoms with Gasteiger partial charge in [0.15, 0.2) is 5.58 Å². The number of hydrogen-bond donors (Lipinski definition) is 0. The summed E-state index contributed by atoms with van der Waals surface area (Å²) in [6.07, 6.45) is 5.47. The van der Waals surface area contributed by atoms with Crippen LogP contribution in [-0.4, -0.2) is 9.13 Å². The molecule has 0 saturated carbocycles. The van der Waals surface area contributed by atoms with Crippen molar-refractivity contribution in [3.8, 4) is 11.4 Å². The zero-order valence-electron chi connectivity index (χ0n) is 22.6. The quantitative estimate of drug-likeness (QED) is 0.228. The molecule has 0 fully saturated rings. The van der Waals surface area contributed by atoms with Gasteiger partial charge < -0.3 is 13.6 Å². The molecule has 3 aromatic heterocycles. The van der Waals surface area contributed by atoms with Gasteiger partial charge in [-0.05, 0) is 67.4 Å². The van der Waals surface area contributed by atoms with Crippen LogP contribution in [-0.2, 0) is 0 Å². The average molecular weight is 517 g/mol. The van der Waals surface area contributed by atoms with E-state index >= 15 is 0 Å². The van der Waals surface area contributed by atoms with E-state index in [1.54, 1.807) is 0 Å². The summed E-state index contributed by atoms with van der Waals surface area (Å²) in [5.74, 6) is 0. The fourth-order valence-corrected chi connectivity index (χ4v) is 6.40. The lowest BCUT2D eigenvalue weighted by Gasteiger charge is -2.10. The summed E-state index contributed by atoms with van der Waals surface area (Å²) in [6.45, 7) is 4.39. The molecule has 0 aliphatic rings. The minimum atomic E-state index is 0.894. The summed E-state index contributed by atoms with van der Waals surface area (Å²) in [5.41, 5.74) is 10.1. The van der Waals surface area contributed by atoms with Crippen LogP contribution in [0.1, 0.15) is 24.6 Å². The van der Waals surface area contributed by atoms with Crippen molar-refractivity contribution < 1.29 is 4.42 Å². The fourth-order valence-electron chi connectivity index (χ4n) is 6.40. The van der Waals surface area contributed by atoms with Crippen molar-refractivity contribution in [2.45, 2.75) is 20.3 Å².